The lowest BCUT2D eigenvalue weighted by atomic mass is 9.79. The quantitative estimate of drug-likeness (QED) is 0.409. The summed E-state index contributed by atoms with van der Waals surface area (Å²) in [6.07, 6.45) is 11.5. The topological polar surface area (TPSA) is 74.6 Å². The third kappa shape index (κ3) is 6.76. The molecular weight excluding hydrogens is 304 g/mol. The van der Waals surface area contributed by atoms with E-state index in [1.807, 2.05) is 6.08 Å². The first kappa shape index (κ1) is 20.9. The van der Waals surface area contributed by atoms with Gasteiger partial charge in [0.05, 0.1) is 12.0 Å². The van der Waals surface area contributed by atoms with Gasteiger partial charge in [0, 0.05) is 12.3 Å². The summed E-state index contributed by atoms with van der Waals surface area (Å²) in [4.78, 5) is 23.6. The van der Waals surface area contributed by atoms with Crippen molar-refractivity contribution in [3.63, 3.8) is 0 Å². The molecule has 0 aromatic carbocycles. The summed E-state index contributed by atoms with van der Waals surface area (Å²) >= 11 is 0. The molecule has 4 nitrogen and oxygen atoms in total. The predicted molar refractivity (Wildman–Crippen MR) is 95.8 cm³/mol. The van der Waals surface area contributed by atoms with Gasteiger partial charge in [0.25, 0.3) is 0 Å². The summed E-state index contributed by atoms with van der Waals surface area (Å²) in [7, 11) is 0. The van der Waals surface area contributed by atoms with E-state index < -0.39 is 18.0 Å². The van der Waals surface area contributed by atoms with Crippen LogP contribution in [0.4, 0.5) is 0 Å². The highest BCUT2D eigenvalue weighted by Crippen LogP contribution is 2.40. The SMILES string of the molecule is CCCCCC(=O)C=C[C@H]1CC[C@@H](O)[C@H]1C(CCCCC)C(=O)O. The molecule has 1 unspecified atom stereocenters. The van der Waals surface area contributed by atoms with Crippen LogP contribution in [0.1, 0.15) is 78.1 Å². The summed E-state index contributed by atoms with van der Waals surface area (Å²) in [6, 6.07) is 0. The summed E-state index contributed by atoms with van der Waals surface area (Å²) in [5.41, 5.74) is 0. The first-order valence-electron chi connectivity index (χ1n) is 9.63. The van der Waals surface area contributed by atoms with Gasteiger partial charge in [0.2, 0.25) is 0 Å². The third-order valence-electron chi connectivity index (χ3n) is 5.19. The van der Waals surface area contributed by atoms with Gasteiger partial charge in [-0.1, -0.05) is 52.0 Å². The van der Waals surface area contributed by atoms with Gasteiger partial charge >= 0.3 is 5.97 Å². The highest BCUT2D eigenvalue weighted by Gasteiger charge is 2.41. The molecule has 0 aromatic rings. The summed E-state index contributed by atoms with van der Waals surface area (Å²) in [6.45, 7) is 4.20. The van der Waals surface area contributed by atoms with E-state index in [0.29, 0.717) is 19.3 Å². The summed E-state index contributed by atoms with van der Waals surface area (Å²) in [5.74, 6) is -1.48. The maximum Gasteiger partial charge on any atom is 0.306 e. The van der Waals surface area contributed by atoms with Crippen LogP contribution in [-0.2, 0) is 9.59 Å². The number of aliphatic hydroxyl groups is 1. The van der Waals surface area contributed by atoms with E-state index in [2.05, 4.69) is 13.8 Å². The number of hydrogen-bond acceptors (Lipinski definition) is 3. The fourth-order valence-electron chi connectivity index (χ4n) is 3.78. The Labute approximate surface area is 146 Å². The van der Waals surface area contributed by atoms with Gasteiger partial charge in [-0.15, -0.1) is 0 Å². The van der Waals surface area contributed by atoms with Crippen molar-refractivity contribution in [3.05, 3.63) is 12.2 Å². The number of carbonyl (C=O) groups excluding carboxylic acids is 1. The standard InChI is InChI=1S/C20H34O4/c1-3-5-7-9-16(21)13-11-15-12-14-18(22)19(15)17(20(23)24)10-8-6-4-2/h11,13,15,17-19,22H,3-10,12,14H2,1-2H3,(H,23,24)/t15-,17?,18+,19+/m0/s1. The van der Waals surface area contributed by atoms with Gasteiger partial charge in [0.15, 0.2) is 5.78 Å². The first-order chi connectivity index (χ1) is 11.5. The minimum atomic E-state index is -0.815. The molecule has 0 amide bonds. The Morgan fingerprint density at radius 3 is 2.38 bits per heavy atom. The number of aliphatic hydroxyl groups excluding tert-OH is 1. The number of rotatable bonds is 12. The van der Waals surface area contributed by atoms with Crippen LogP contribution in [0.5, 0.6) is 0 Å². The minimum Gasteiger partial charge on any atom is -0.481 e. The zero-order valence-electron chi connectivity index (χ0n) is 15.2. The molecule has 0 bridgehead atoms. The van der Waals surface area contributed by atoms with E-state index in [-0.39, 0.29) is 17.6 Å². The number of hydrogen-bond donors (Lipinski definition) is 2. The van der Waals surface area contributed by atoms with Crippen LogP contribution < -0.4 is 0 Å². The van der Waals surface area contributed by atoms with Crippen molar-refractivity contribution in [3.8, 4) is 0 Å². The molecule has 0 aromatic heterocycles. The second-order valence-electron chi connectivity index (χ2n) is 7.11. The fourth-order valence-corrected chi connectivity index (χ4v) is 3.78. The monoisotopic (exact) mass is 338 g/mol. The number of aliphatic carboxylic acids is 1. The van der Waals surface area contributed by atoms with Crippen molar-refractivity contribution >= 4 is 11.8 Å². The van der Waals surface area contributed by atoms with E-state index >= 15 is 0 Å². The van der Waals surface area contributed by atoms with Gasteiger partial charge in [-0.05, 0) is 37.7 Å². The summed E-state index contributed by atoms with van der Waals surface area (Å²) < 4.78 is 0. The Hall–Kier alpha value is -1.16. The molecule has 24 heavy (non-hydrogen) atoms. The highest BCUT2D eigenvalue weighted by atomic mass is 16.4. The second kappa shape index (κ2) is 11.4. The van der Waals surface area contributed by atoms with E-state index in [1.165, 1.54) is 0 Å². The molecule has 4 heteroatoms. The molecule has 1 aliphatic carbocycles. The number of ketones is 1. The van der Waals surface area contributed by atoms with Crippen LogP contribution >= 0.6 is 0 Å². The van der Waals surface area contributed by atoms with Gasteiger partial charge in [-0.3, -0.25) is 9.59 Å². The number of carboxylic acid groups (broad SMARTS) is 1. The largest absolute Gasteiger partial charge is 0.481 e. The zero-order chi connectivity index (χ0) is 17.9. The molecule has 0 heterocycles. The Balaban J connectivity index is 2.67. The van der Waals surface area contributed by atoms with Crippen LogP contribution in [0.3, 0.4) is 0 Å². The van der Waals surface area contributed by atoms with Crippen LogP contribution in [0, 0.1) is 17.8 Å². The normalized spacial score (nSPS) is 25.2. The molecule has 1 rings (SSSR count). The average Bonchev–Trinajstić information content (AvgIpc) is 2.90. The fraction of sp³-hybridized carbons (Fsp3) is 0.800. The van der Waals surface area contributed by atoms with Gasteiger partial charge in [-0.2, -0.15) is 0 Å². The molecular formula is C20H34O4. The van der Waals surface area contributed by atoms with Crippen LogP contribution in [0.25, 0.3) is 0 Å². The summed E-state index contributed by atoms with van der Waals surface area (Å²) in [5, 5.41) is 19.9. The lowest BCUT2D eigenvalue weighted by Crippen LogP contribution is -2.32. The zero-order valence-corrected chi connectivity index (χ0v) is 15.2. The molecule has 0 radical (unpaired) electrons. The highest BCUT2D eigenvalue weighted by molar-refractivity contribution is 5.89. The molecule has 0 saturated heterocycles. The Kier molecular flexibility index (Phi) is 9.92. The van der Waals surface area contributed by atoms with Gasteiger partial charge in [0.1, 0.15) is 0 Å². The molecule has 1 aliphatic rings. The maximum absolute atomic E-state index is 11.9. The number of allylic oxidation sites excluding steroid dienone is 2. The van der Waals surface area contributed by atoms with Gasteiger partial charge < -0.3 is 10.2 Å². The lowest BCUT2D eigenvalue weighted by Gasteiger charge is -2.26. The van der Waals surface area contributed by atoms with Gasteiger partial charge in [-0.25, -0.2) is 0 Å². The van der Waals surface area contributed by atoms with Crippen molar-refractivity contribution in [2.75, 3.05) is 0 Å². The van der Waals surface area contributed by atoms with Crippen LogP contribution in [0.15, 0.2) is 12.2 Å². The average molecular weight is 338 g/mol. The molecule has 1 fully saturated rings. The van der Waals surface area contributed by atoms with E-state index in [9.17, 15) is 19.8 Å². The Morgan fingerprint density at radius 2 is 1.75 bits per heavy atom. The number of carboxylic acids is 1. The van der Waals surface area contributed by atoms with Crippen LogP contribution in [-0.4, -0.2) is 28.1 Å². The molecule has 0 aliphatic heterocycles. The molecule has 1 saturated carbocycles. The predicted octanol–water partition coefficient (Wildman–Crippen LogP) is 4.36. The number of unbranched alkanes of at least 4 members (excludes halogenated alkanes) is 4. The van der Waals surface area contributed by atoms with Crippen molar-refractivity contribution in [1.29, 1.82) is 0 Å². The Bertz CT molecular complexity index is 416. The van der Waals surface area contributed by atoms with E-state index in [4.69, 9.17) is 0 Å². The minimum absolute atomic E-state index is 0.00199. The maximum atomic E-state index is 11.9. The third-order valence-corrected chi connectivity index (χ3v) is 5.19. The number of carbonyl (C=O) groups is 2. The lowest BCUT2D eigenvalue weighted by molar-refractivity contribution is -0.146. The van der Waals surface area contributed by atoms with E-state index in [0.717, 1.165) is 44.9 Å². The van der Waals surface area contributed by atoms with Crippen molar-refractivity contribution in [2.24, 2.45) is 17.8 Å². The van der Waals surface area contributed by atoms with Crippen LogP contribution in [0.2, 0.25) is 0 Å². The van der Waals surface area contributed by atoms with Crippen molar-refractivity contribution in [2.45, 2.75) is 84.2 Å². The molecule has 138 valence electrons. The molecule has 4 atom stereocenters. The van der Waals surface area contributed by atoms with E-state index in [1.54, 1.807) is 6.08 Å². The Morgan fingerprint density at radius 1 is 1.08 bits per heavy atom. The van der Waals surface area contributed by atoms with Crippen molar-refractivity contribution < 1.29 is 19.8 Å². The second-order valence-corrected chi connectivity index (χ2v) is 7.11. The van der Waals surface area contributed by atoms with Crippen molar-refractivity contribution in [1.82, 2.24) is 0 Å². The smallest absolute Gasteiger partial charge is 0.306 e. The molecule has 2 N–H and O–H groups in total. The molecule has 0 spiro atoms. The first-order valence-corrected chi connectivity index (χ1v) is 9.63.